The average Bonchev–Trinajstić information content (AvgIpc) is 2.26. The van der Waals surface area contributed by atoms with Gasteiger partial charge in [0.2, 0.25) is 0 Å². The molecule has 0 radical (unpaired) electrons. The van der Waals surface area contributed by atoms with Gasteiger partial charge in [0.05, 0.1) is 6.04 Å². The molecule has 3 N–H and O–H groups in total. The van der Waals surface area contributed by atoms with Crippen LogP contribution in [0.15, 0.2) is 12.1 Å². The fraction of sp³-hybridized carbons (Fsp3) is 0.333. The number of hydrogen-bond donors (Lipinski definition) is 2. The minimum Gasteiger partial charge on any atom is -0.271 e. The van der Waals surface area contributed by atoms with Crippen LogP contribution >= 0.6 is 0 Å². The number of nitrogens with two attached hydrogens (primary N) is 1. The van der Waals surface area contributed by atoms with Crippen LogP contribution in [0.3, 0.4) is 0 Å². The largest absolute Gasteiger partial charge is 0.271 e. The van der Waals surface area contributed by atoms with Gasteiger partial charge in [-0.25, -0.2) is 8.78 Å². The Bertz CT molecular complexity index is 433. The standard InChI is InChI=1S/C12H14F2N2/c1-3-4-5-12(16-15)9-6-8(2)10(13)7-11(9)14/h6-7,12,16H,5,15H2,1-2H3. The van der Waals surface area contributed by atoms with Crippen LogP contribution < -0.4 is 11.3 Å². The van der Waals surface area contributed by atoms with Crippen LogP contribution in [0.5, 0.6) is 0 Å². The number of hydrogen-bond acceptors (Lipinski definition) is 2. The average molecular weight is 224 g/mol. The third-order valence-electron chi connectivity index (χ3n) is 2.34. The lowest BCUT2D eigenvalue weighted by Gasteiger charge is -2.15. The number of nitrogens with one attached hydrogen (secondary N) is 1. The SMILES string of the molecule is CC#CCC(NN)c1cc(C)c(F)cc1F. The molecule has 0 aromatic heterocycles. The van der Waals surface area contributed by atoms with Crippen molar-refractivity contribution in [2.24, 2.45) is 5.84 Å². The Hall–Kier alpha value is -1.44. The second-order valence-electron chi connectivity index (χ2n) is 3.47. The lowest BCUT2D eigenvalue weighted by Crippen LogP contribution is -2.28. The first-order chi connectivity index (χ1) is 7.60. The van der Waals surface area contributed by atoms with Crippen molar-refractivity contribution in [2.45, 2.75) is 26.3 Å². The lowest BCUT2D eigenvalue weighted by atomic mass is 10.0. The Morgan fingerprint density at radius 1 is 1.38 bits per heavy atom. The molecular formula is C12H14F2N2. The molecule has 0 aliphatic carbocycles. The quantitative estimate of drug-likeness (QED) is 0.469. The summed E-state index contributed by atoms with van der Waals surface area (Å²) in [5, 5.41) is 0. The van der Waals surface area contributed by atoms with Crippen molar-refractivity contribution in [3.8, 4) is 11.8 Å². The van der Waals surface area contributed by atoms with E-state index in [4.69, 9.17) is 5.84 Å². The molecule has 0 heterocycles. The van der Waals surface area contributed by atoms with E-state index in [-0.39, 0.29) is 0 Å². The molecular weight excluding hydrogens is 210 g/mol. The maximum Gasteiger partial charge on any atom is 0.130 e. The first kappa shape index (κ1) is 12.6. The number of aryl methyl sites for hydroxylation is 1. The van der Waals surface area contributed by atoms with Crippen molar-refractivity contribution < 1.29 is 8.78 Å². The predicted molar refractivity (Wildman–Crippen MR) is 59.2 cm³/mol. The van der Waals surface area contributed by atoms with E-state index in [0.29, 0.717) is 17.5 Å². The summed E-state index contributed by atoms with van der Waals surface area (Å²) < 4.78 is 26.6. The van der Waals surface area contributed by atoms with Crippen LogP contribution in [0.25, 0.3) is 0 Å². The summed E-state index contributed by atoms with van der Waals surface area (Å²) in [5.41, 5.74) is 3.20. The van der Waals surface area contributed by atoms with E-state index in [9.17, 15) is 8.78 Å². The summed E-state index contributed by atoms with van der Waals surface area (Å²) in [6.07, 6.45) is 0.384. The van der Waals surface area contributed by atoms with Crippen molar-refractivity contribution in [3.05, 3.63) is 34.9 Å². The molecule has 1 atom stereocenters. The van der Waals surface area contributed by atoms with E-state index in [1.54, 1.807) is 13.8 Å². The highest BCUT2D eigenvalue weighted by molar-refractivity contribution is 5.29. The van der Waals surface area contributed by atoms with Crippen LogP contribution in [0.1, 0.15) is 30.5 Å². The predicted octanol–water partition coefficient (Wildman–Crippen LogP) is 2.19. The molecule has 0 spiro atoms. The Labute approximate surface area is 93.8 Å². The molecule has 86 valence electrons. The molecule has 0 fully saturated rings. The van der Waals surface area contributed by atoms with Gasteiger partial charge in [-0.2, -0.15) is 0 Å². The zero-order valence-electron chi connectivity index (χ0n) is 9.27. The van der Waals surface area contributed by atoms with Gasteiger partial charge < -0.3 is 0 Å². The third kappa shape index (κ3) is 2.78. The Balaban J connectivity index is 3.07. The van der Waals surface area contributed by atoms with Crippen LogP contribution in [-0.2, 0) is 0 Å². The fourth-order valence-corrected chi connectivity index (χ4v) is 1.41. The van der Waals surface area contributed by atoms with E-state index in [2.05, 4.69) is 17.3 Å². The maximum absolute atomic E-state index is 13.5. The second-order valence-corrected chi connectivity index (χ2v) is 3.47. The zero-order chi connectivity index (χ0) is 12.1. The molecule has 1 aromatic rings. The minimum atomic E-state index is -0.607. The number of benzene rings is 1. The van der Waals surface area contributed by atoms with Crippen molar-refractivity contribution in [1.82, 2.24) is 5.43 Å². The van der Waals surface area contributed by atoms with Crippen LogP contribution in [-0.4, -0.2) is 0 Å². The van der Waals surface area contributed by atoms with Crippen LogP contribution in [0, 0.1) is 30.4 Å². The molecule has 16 heavy (non-hydrogen) atoms. The van der Waals surface area contributed by atoms with Crippen LogP contribution in [0.2, 0.25) is 0 Å². The molecule has 0 aliphatic rings. The third-order valence-corrected chi connectivity index (χ3v) is 2.34. The highest BCUT2D eigenvalue weighted by Crippen LogP contribution is 2.22. The molecule has 4 heteroatoms. The maximum atomic E-state index is 13.5. The molecule has 0 saturated carbocycles. The molecule has 0 bridgehead atoms. The number of rotatable bonds is 3. The summed E-state index contributed by atoms with van der Waals surface area (Å²) in [6.45, 7) is 3.27. The van der Waals surface area contributed by atoms with Crippen LogP contribution in [0.4, 0.5) is 8.78 Å². The smallest absolute Gasteiger partial charge is 0.130 e. The second kappa shape index (κ2) is 5.59. The first-order valence-electron chi connectivity index (χ1n) is 4.91. The van der Waals surface area contributed by atoms with Crippen molar-refractivity contribution in [2.75, 3.05) is 0 Å². The monoisotopic (exact) mass is 224 g/mol. The molecule has 0 aliphatic heterocycles. The summed E-state index contributed by atoms with van der Waals surface area (Å²) >= 11 is 0. The highest BCUT2D eigenvalue weighted by atomic mass is 19.1. The summed E-state index contributed by atoms with van der Waals surface area (Å²) in [4.78, 5) is 0. The van der Waals surface area contributed by atoms with Gasteiger partial charge in [0.1, 0.15) is 11.6 Å². The Morgan fingerprint density at radius 3 is 2.62 bits per heavy atom. The van der Waals surface area contributed by atoms with Crippen molar-refractivity contribution in [1.29, 1.82) is 0 Å². The normalized spacial score (nSPS) is 11.8. The zero-order valence-corrected chi connectivity index (χ0v) is 9.27. The highest BCUT2D eigenvalue weighted by Gasteiger charge is 2.15. The van der Waals surface area contributed by atoms with E-state index in [0.717, 1.165) is 6.07 Å². The fourth-order valence-electron chi connectivity index (χ4n) is 1.41. The number of hydrazine groups is 1. The van der Waals surface area contributed by atoms with Gasteiger partial charge in [-0.3, -0.25) is 11.3 Å². The van der Waals surface area contributed by atoms with Crippen molar-refractivity contribution in [3.63, 3.8) is 0 Å². The molecule has 2 nitrogen and oxygen atoms in total. The van der Waals surface area contributed by atoms with E-state index in [1.165, 1.54) is 6.07 Å². The van der Waals surface area contributed by atoms with Gasteiger partial charge in [-0.05, 0) is 25.5 Å². The van der Waals surface area contributed by atoms with Gasteiger partial charge in [0.25, 0.3) is 0 Å². The van der Waals surface area contributed by atoms with Gasteiger partial charge in [-0.15, -0.1) is 11.8 Å². The van der Waals surface area contributed by atoms with Gasteiger partial charge in [0.15, 0.2) is 0 Å². The molecule has 0 saturated heterocycles. The Kier molecular flexibility index (Phi) is 4.41. The van der Waals surface area contributed by atoms with Gasteiger partial charge >= 0.3 is 0 Å². The van der Waals surface area contributed by atoms with Gasteiger partial charge in [0, 0.05) is 18.1 Å². The molecule has 1 aromatic carbocycles. The molecule has 0 amide bonds. The van der Waals surface area contributed by atoms with E-state index < -0.39 is 17.7 Å². The van der Waals surface area contributed by atoms with E-state index >= 15 is 0 Å². The first-order valence-corrected chi connectivity index (χ1v) is 4.91. The van der Waals surface area contributed by atoms with E-state index in [1.807, 2.05) is 0 Å². The van der Waals surface area contributed by atoms with Gasteiger partial charge in [-0.1, -0.05) is 0 Å². The summed E-state index contributed by atoms with van der Waals surface area (Å²) in [6, 6.07) is 1.90. The topological polar surface area (TPSA) is 38.0 Å². The van der Waals surface area contributed by atoms with Crippen molar-refractivity contribution >= 4 is 0 Å². The Morgan fingerprint density at radius 2 is 2.06 bits per heavy atom. The molecule has 1 rings (SSSR count). The number of halogens is 2. The summed E-state index contributed by atoms with van der Waals surface area (Å²) in [5.74, 6) is 9.67. The minimum absolute atomic E-state index is 0.337. The lowest BCUT2D eigenvalue weighted by molar-refractivity contribution is 0.509. The summed E-state index contributed by atoms with van der Waals surface area (Å²) in [7, 11) is 0. The molecule has 1 unspecified atom stereocenters.